The van der Waals surface area contributed by atoms with Gasteiger partial charge in [0.05, 0.1) is 12.1 Å². The molecule has 0 aliphatic carbocycles. The number of alkyl halides is 3. The van der Waals surface area contributed by atoms with Gasteiger partial charge in [-0.25, -0.2) is 0 Å². The number of hydrogen-bond acceptors (Lipinski definition) is 3. The van der Waals surface area contributed by atoms with Crippen LogP contribution in [0, 0.1) is 5.92 Å². The summed E-state index contributed by atoms with van der Waals surface area (Å²) in [6.45, 7) is 5.44. The maximum absolute atomic E-state index is 12.4. The summed E-state index contributed by atoms with van der Waals surface area (Å²) in [5.41, 5.74) is 0. The Hall–Kier alpha value is -0.820. The fourth-order valence-corrected chi connectivity index (χ4v) is 3.12. The first-order valence-electron chi connectivity index (χ1n) is 7.97. The van der Waals surface area contributed by atoms with Crippen LogP contribution in [0.3, 0.4) is 0 Å². The number of carbonyl (C=O) groups is 1. The van der Waals surface area contributed by atoms with E-state index in [9.17, 15) is 18.0 Å². The van der Waals surface area contributed by atoms with E-state index in [1.807, 2.05) is 4.90 Å². The van der Waals surface area contributed by atoms with Gasteiger partial charge < -0.3 is 9.64 Å². The average Bonchev–Trinajstić information content (AvgIpc) is 2.77. The highest BCUT2D eigenvalue weighted by molar-refractivity contribution is 5.84. The van der Waals surface area contributed by atoms with Gasteiger partial charge in [-0.3, -0.25) is 9.69 Å². The Balaban J connectivity index is 1.79. The molecule has 0 saturated carbocycles. The largest absolute Gasteiger partial charge is 0.406 e. The monoisotopic (exact) mass is 322 g/mol. The number of hydrogen-bond donors (Lipinski definition) is 0. The van der Waals surface area contributed by atoms with Gasteiger partial charge in [-0.15, -0.1) is 0 Å². The van der Waals surface area contributed by atoms with E-state index in [4.69, 9.17) is 4.74 Å². The molecule has 4 nitrogen and oxygen atoms in total. The van der Waals surface area contributed by atoms with E-state index in [-0.39, 0.29) is 24.6 Å². The van der Waals surface area contributed by atoms with E-state index in [1.165, 1.54) is 0 Å². The zero-order chi connectivity index (χ0) is 16.3. The topological polar surface area (TPSA) is 32.8 Å². The summed E-state index contributed by atoms with van der Waals surface area (Å²) in [7, 11) is 0. The van der Waals surface area contributed by atoms with Crippen molar-refractivity contribution in [1.29, 1.82) is 0 Å². The minimum atomic E-state index is -4.32. The Morgan fingerprint density at radius 3 is 2.36 bits per heavy atom. The van der Waals surface area contributed by atoms with Crippen LogP contribution >= 0.6 is 0 Å². The van der Waals surface area contributed by atoms with Gasteiger partial charge in [0.15, 0.2) is 0 Å². The molecule has 0 spiro atoms. The van der Waals surface area contributed by atoms with E-state index in [2.05, 4.69) is 13.8 Å². The molecule has 0 N–H and O–H groups in total. The van der Waals surface area contributed by atoms with Gasteiger partial charge in [-0.1, -0.05) is 13.8 Å². The van der Waals surface area contributed by atoms with Crippen molar-refractivity contribution < 1.29 is 22.7 Å². The summed E-state index contributed by atoms with van der Waals surface area (Å²) in [6.07, 6.45) is -1.93. The van der Waals surface area contributed by atoms with Crippen LogP contribution in [0.25, 0.3) is 0 Å². The van der Waals surface area contributed by atoms with Crippen molar-refractivity contribution in [3.05, 3.63) is 0 Å². The van der Waals surface area contributed by atoms with Gasteiger partial charge in [0, 0.05) is 26.2 Å². The number of amides is 1. The third kappa shape index (κ3) is 4.84. The number of halogens is 3. The molecule has 2 heterocycles. The number of likely N-dealkylation sites (tertiary alicyclic amines) is 2. The molecule has 1 amide bonds. The Bertz CT molecular complexity index is 379. The van der Waals surface area contributed by atoms with E-state index >= 15 is 0 Å². The summed E-state index contributed by atoms with van der Waals surface area (Å²) in [5, 5.41) is 0. The zero-order valence-electron chi connectivity index (χ0n) is 13.2. The number of ether oxygens (including phenoxy) is 1. The van der Waals surface area contributed by atoms with Crippen LogP contribution in [-0.4, -0.2) is 66.8 Å². The van der Waals surface area contributed by atoms with E-state index in [0.717, 1.165) is 37.4 Å². The van der Waals surface area contributed by atoms with Gasteiger partial charge in [0.25, 0.3) is 0 Å². The molecule has 7 heteroatoms. The van der Waals surface area contributed by atoms with E-state index < -0.39 is 12.7 Å². The highest BCUT2D eigenvalue weighted by atomic mass is 19.4. The average molecular weight is 322 g/mol. The van der Waals surface area contributed by atoms with Crippen LogP contribution in [-0.2, 0) is 9.53 Å². The van der Waals surface area contributed by atoms with Crippen LogP contribution in [0.5, 0.6) is 0 Å². The number of piperidine rings is 1. The number of rotatable bonds is 5. The SMILES string of the molecule is CC(C)COC1CCN(C2CCN(CC(F)(F)F)C2=O)CC1. The molecule has 2 fully saturated rings. The van der Waals surface area contributed by atoms with Gasteiger partial charge in [0.2, 0.25) is 5.91 Å². The lowest BCUT2D eigenvalue weighted by molar-refractivity contribution is -0.159. The Labute approximate surface area is 129 Å². The van der Waals surface area contributed by atoms with Crippen LogP contribution < -0.4 is 0 Å². The van der Waals surface area contributed by atoms with Crippen LogP contribution in [0.2, 0.25) is 0 Å². The molecule has 2 aliphatic heterocycles. The van der Waals surface area contributed by atoms with Gasteiger partial charge in [-0.05, 0) is 25.2 Å². The van der Waals surface area contributed by atoms with Crippen molar-refractivity contribution in [1.82, 2.24) is 9.80 Å². The predicted molar refractivity (Wildman–Crippen MR) is 76.4 cm³/mol. The third-order valence-corrected chi connectivity index (χ3v) is 4.22. The molecule has 2 rings (SSSR count). The lowest BCUT2D eigenvalue weighted by Crippen LogP contribution is -2.48. The lowest BCUT2D eigenvalue weighted by Gasteiger charge is -2.35. The molecule has 0 bridgehead atoms. The van der Waals surface area contributed by atoms with Crippen molar-refractivity contribution >= 4 is 5.91 Å². The summed E-state index contributed by atoms with van der Waals surface area (Å²) >= 11 is 0. The molecule has 0 aromatic carbocycles. The Morgan fingerprint density at radius 2 is 1.82 bits per heavy atom. The van der Waals surface area contributed by atoms with Gasteiger partial charge in [0.1, 0.15) is 6.54 Å². The molecular formula is C15H25F3N2O2. The summed E-state index contributed by atoms with van der Waals surface area (Å²) in [6, 6.07) is -0.381. The minimum Gasteiger partial charge on any atom is -0.378 e. The van der Waals surface area contributed by atoms with Crippen molar-refractivity contribution in [3.8, 4) is 0 Å². The number of carbonyl (C=O) groups excluding carboxylic acids is 1. The molecule has 0 aromatic rings. The van der Waals surface area contributed by atoms with Crippen molar-refractivity contribution in [2.24, 2.45) is 5.92 Å². The molecule has 128 valence electrons. The van der Waals surface area contributed by atoms with E-state index in [1.54, 1.807) is 0 Å². The van der Waals surface area contributed by atoms with Crippen molar-refractivity contribution in [3.63, 3.8) is 0 Å². The van der Waals surface area contributed by atoms with Crippen molar-refractivity contribution in [2.45, 2.75) is 51.4 Å². The van der Waals surface area contributed by atoms with Gasteiger partial charge in [-0.2, -0.15) is 13.2 Å². The second-order valence-electron chi connectivity index (χ2n) is 6.64. The Kier molecular flexibility index (Phi) is 5.71. The van der Waals surface area contributed by atoms with Gasteiger partial charge >= 0.3 is 6.18 Å². The molecule has 0 radical (unpaired) electrons. The third-order valence-electron chi connectivity index (χ3n) is 4.22. The highest BCUT2D eigenvalue weighted by Crippen LogP contribution is 2.26. The van der Waals surface area contributed by atoms with E-state index in [0.29, 0.717) is 12.3 Å². The van der Waals surface area contributed by atoms with Crippen LogP contribution in [0.4, 0.5) is 13.2 Å². The fourth-order valence-electron chi connectivity index (χ4n) is 3.12. The summed E-state index contributed by atoms with van der Waals surface area (Å²) in [4.78, 5) is 15.1. The first-order valence-corrected chi connectivity index (χ1v) is 7.97. The molecule has 2 saturated heterocycles. The first kappa shape index (κ1) is 17.5. The normalized spacial score (nSPS) is 25.5. The fraction of sp³-hybridized carbons (Fsp3) is 0.933. The van der Waals surface area contributed by atoms with Crippen LogP contribution in [0.1, 0.15) is 33.1 Å². The zero-order valence-corrected chi connectivity index (χ0v) is 13.2. The molecule has 0 aromatic heterocycles. The smallest absolute Gasteiger partial charge is 0.378 e. The standard InChI is InChI=1S/C15H25F3N2O2/c1-11(2)9-22-12-3-6-19(7-4-12)13-5-8-20(14(13)21)10-15(16,17)18/h11-13H,3-10H2,1-2H3. The molecular weight excluding hydrogens is 297 g/mol. The van der Waals surface area contributed by atoms with Crippen LogP contribution in [0.15, 0.2) is 0 Å². The lowest BCUT2D eigenvalue weighted by atomic mass is 10.0. The second-order valence-corrected chi connectivity index (χ2v) is 6.64. The quantitative estimate of drug-likeness (QED) is 0.778. The molecule has 1 atom stereocenters. The molecule has 1 unspecified atom stereocenters. The maximum Gasteiger partial charge on any atom is 0.406 e. The first-order chi connectivity index (χ1) is 10.3. The number of nitrogens with zero attached hydrogens (tertiary/aromatic N) is 2. The second kappa shape index (κ2) is 7.17. The Morgan fingerprint density at radius 1 is 1.18 bits per heavy atom. The minimum absolute atomic E-state index is 0.201. The predicted octanol–water partition coefficient (Wildman–Crippen LogP) is 2.29. The molecule has 2 aliphatic rings. The van der Waals surface area contributed by atoms with Crippen molar-refractivity contribution in [2.75, 3.05) is 32.8 Å². The maximum atomic E-state index is 12.4. The summed E-state index contributed by atoms with van der Waals surface area (Å²) < 4.78 is 43.1. The summed E-state index contributed by atoms with van der Waals surface area (Å²) in [5.74, 6) is 0.115. The highest BCUT2D eigenvalue weighted by Gasteiger charge is 2.42. The molecule has 22 heavy (non-hydrogen) atoms.